The lowest BCUT2D eigenvalue weighted by atomic mass is 10.2. The molecule has 8 heteroatoms. The number of sulfonamides is 1. The number of rotatable bonds is 4. The molecule has 4 nitrogen and oxygen atoms in total. The summed E-state index contributed by atoms with van der Waals surface area (Å²) in [5.74, 6) is -0.458. The number of hydrogen-bond donors (Lipinski definition) is 0. The van der Waals surface area contributed by atoms with Crippen LogP contribution in [0.4, 0.5) is 4.39 Å². The van der Waals surface area contributed by atoms with Crippen LogP contribution in [0.3, 0.4) is 0 Å². The van der Waals surface area contributed by atoms with E-state index in [1.165, 1.54) is 16.4 Å². The van der Waals surface area contributed by atoms with Crippen LogP contribution in [0.15, 0.2) is 47.4 Å². The van der Waals surface area contributed by atoms with E-state index in [1.54, 1.807) is 18.2 Å². The van der Waals surface area contributed by atoms with E-state index in [2.05, 4.69) is 4.90 Å². The third kappa shape index (κ3) is 4.15. The lowest BCUT2D eigenvalue weighted by molar-refractivity contribution is 0.181. The van der Waals surface area contributed by atoms with Gasteiger partial charge in [0.15, 0.2) is 0 Å². The SMILES string of the molecule is O=S(=O)(c1ccc(F)cc1)N1CCN(Cc2c(Cl)cccc2Cl)CC1. The smallest absolute Gasteiger partial charge is 0.243 e. The molecule has 134 valence electrons. The number of halogens is 3. The lowest BCUT2D eigenvalue weighted by Crippen LogP contribution is -2.48. The highest BCUT2D eigenvalue weighted by atomic mass is 35.5. The monoisotopic (exact) mass is 402 g/mol. The van der Waals surface area contributed by atoms with Crippen LogP contribution in [-0.4, -0.2) is 43.8 Å². The molecule has 0 unspecified atom stereocenters. The molecule has 0 N–H and O–H groups in total. The average Bonchev–Trinajstić information content (AvgIpc) is 2.59. The van der Waals surface area contributed by atoms with Crippen molar-refractivity contribution >= 4 is 33.2 Å². The molecule has 0 saturated carbocycles. The highest BCUT2D eigenvalue weighted by Gasteiger charge is 2.28. The fraction of sp³-hybridized carbons (Fsp3) is 0.294. The zero-order chi connectivity index (χ0) is 18.0. The molecule has 1 aliphatic rings. The lowest BCUT2D eigenvalue weighted by Gasteiger charge is -2.34. The molecule has 0 atom stereocenters. The topological polar surface area (TPSA) is 40.6 Å². The third-order valence-electron chi connectivity index (χ3n) is 4.23. The van der Waals surface area contributed by atoms with Crippen LogP contribution < -0.4 is 0 Å². The summed E-state index contributed by atoms with van der Waals surface area (Å²) in [6, 6.07) is 10.3. The highest BCUT2D eigenvalue weighted by molar-refractivity contribution is 7.89. The van der Waals surface area contributed by atoms with Gasteiger partial charge in [-0.25, -0.2) is 12.8 Å². The summed E-state index contributed by atoms with van der Waals surface area (Å²) in [4.78, 5) is 2.22. The van der Waals surface area contributed by atoms with Gasteiger partial charge in [0.25, 0.3) is 0 Å². The number of benzene rings is 2. The van der Waals surface area contributed by atoms with Crippen molar-refractivity contribution in [1.82, 2.24) is 9.21 Å². The van der Waals surface area contributed by atoms with Gasteiger partial charge in [-0.15, -0.1) is 0 Å². The Morgan fingerprint density at radius 1 is 0.920 bits per heavy atom. The second-order valence-corrected chi connectivity index (χ2v) is 8.59. The normalized spacial score (nSPS) is 16.9. The van der Waals surface area contributed by atoms with Crippen LogP contribution in [-0.2, 0) is 16.6 Å². The van der Waals surface area contributed by atoms with E-state index >= 15 is 0 Å². The predicted octanol–water partition coefficient (Wildman–Crippen LogP) is 3.64. The first-order valence-corrected chi connectivity index (χ1v) is 9.98. The van der Waals surface area contributed by atoms with Gasteiger partial charge in [-0.1, -0.05) is 29.3 Å². The average molecular weight is 403 g/mol. The summed E-state index contributed by atoms with van der Waals surface area (Å²) >= 11 is 12.4. The van der Waals surface area contributed by atoms with Gasteiger partial charge < -0.3 is 0 Å². The Labute approximate surface area is 156 Å². The Morgan fingerprint density at radius 3 is 2.04 bits per heavy atom. The van der Waals surface area contributed by atoms with E-state index in [9.17, 15) is 12.8 Å². The molecule has 0 aromatic heterocycles. The van der Waals surface area contributed by atoms with Crippen LogP contribution in [0.25, 0.3) is 0 Å². The van der Waals surface area contributed by atoms with Gasteiger partial charge in [-0.3, -0.25) is 4.90 Å². The Balaban J connectivity index is 1.66. The maximum absolute atomic E-state index is 13.0. The van der Waals surface area contributed by atoms with Gasteiger partial charge in [-0.2, -0.15) is 4.31 Å². The second kappa shape index (κ2) is 7.60. The fourth-order valence-corrected chi connectivity index (χ4v) is 4.73. The molecule has 3 rings (SSSR count). The molecule has 25 heavy (non-hydrogen) atoms. The van der Waals surface area contributed by atoms with Crippen LogP contribution in [0.1, 0.15) is 5.56 Å². The highest BCUT2D eigenvalue weighted by Crippen LogP contribution is 2.26. The van der Waals surface area contributed by atoms with E-state index in [0.717, 1.165) is 17.7 Å². The molecule has 2 aromatic rings. The minimum atomic E-state index is -3.60. The third-order valence-corrected chi connectivity index (χ3v) is 6.85. The Hall–Kier alpha value is -1.18. The summed E-state index contributed by atoms with van der Waals surface area (Å²) in [7, 11) is -3.60. The first kappa shape index (κ1) is 18.6. The van der Waals surface area contributed by atoms with Crippen molar-refractivity contribution in [3.63, 3.8) is 0 Å². The van der Waals surface area contributed by atoms with E-state index < -0.39 is 15.8 Å². The zero-order valence-corrected chi connectivity index (χ0v) is 15.7. The molecule has 1 saturated heterocycles. The van der Waals surface area contributed by atoms with Crippen LogP contribution in [0.5, 0.6) is 0 Å². The molecular formula is C17H17Cl2FN2O2S. The van der Waals surface area contributed by atoms with Gasteiger partial charge in [0.1, 0.15) is 5.82 Å². The van der Waals surface area contributed by atoms with Crippen molar-refractivity contribution in [2.24, 2.45) is 0 Å². The van der Waals surface area contributed by atoms with Crippen molar-refractivity contribution in [1.29, 1.82) is 0 Å². The molecule has 0 spiro atoms. The summed E-state index contributed by atoms with van der Waals surface area (Å²) in [5, 5.41) is 1.21. The van der Waals surface area contributed by atoms with Crippen LogP contribution in [0.2, 0.25) is 10.0 Å². The van der Waals surface area contributed by atoms with Gasteiger partial charge in [0.05, 0.1) is 4.90 Å². The largest absolute Gasteiger partial charge is 0.296 e. The number of piperazine rings is 1. The van der Waals surface area contributed by atoms with Crippen molar-refractivity contribution in [3.8, 4) is 0 Å². The minimum Gasteiger partial charge on any atom is -0.296 e. The fourth-order valence-electron chi connectivity index (χ4n) is 2.79. The molecule has 0 aliphatic carbocycles. The molecule has 0 radical (unpaired) electrons. The maximum Gasteiger partial charge on any atom is 0.243 e. The number of nitrogens with zero attached hydrogens (tertiary/aromatic N) is 2. The quantitative estimate of drug-likeness (QED) is 0.783. The van der Waals surface area contributed by atoms with Crippen molar-refractivity contribution in [2.75, 3.05) is 26.2 Å². The molecular weight excluding hydrogens is 386 g/mol. The molecule has 1 fully saturated rings. The van der Waals surface area contributed by atoms with Gasteiger partial charge >= 0.3 is 0 Å². The number of hydrogen-bond acceptors (Lipinski definition) is 3. The molecule has 0 bridgehead atoms. The van der Waals surface area contributed by atoms with Crippen molar-refractivity contribution in [3.05, 3.63) is 63.9 Å². The molecule has 1 heterocycles. The second-order valence-electron chi connectivity index (χ2n) is 5.83. The van der Waals surface area contributed by atoms with Crippen LogP contribution in [0, 0.1) is 5.82 Å². The zero-order valence-electron chi connectivity index (χ0n) is 13.3. The summed E-state index contributed by atoms with van der Waals surface area (Å²) in [6.45, 7) is 2.44. The summed E-state index contributed by atoms with van der Waals surface area (Å²) in [5.41, 5.74) is 0.848. The van der Waals surface area contributed by atoms with E-state index in [0.29, 0.717) is 42.8 Å². The molecule has 1 aliphatic heterocycles. The Bertz CT molecular complexity index is 831. The van der Waals surface area contributed by atoms with E-state index in [4.69, 9.17) is 23.2 Å². The van der Waals surface area contributed by atoms with Crippen LogP contribution >= 0.6 is 23.2 Å². The summed E-state index contributed by atoms with van der Waals surface area (Å²) in [6.07, 6.45) is 0. The molecule has 0 amide bonds. The standard InChI is InChI=1S/C17H17Cl2FN2O2S/c18-16-2-1-3-17(19)15(16)12-21-8-10-22(11-9-21)25(23,24)14-6-4-13(20)5-7-14/h1-7H,8-12H2. The maximum atomic E-state index is 13.0. The minimum absolute atomic E-state index is 0.108. The van der Waals surface area contributed by atoms with Crippen molar-refractivity contribution in [2.45, 2.75) is 11.4 Å². The first-order valence-electron chi connectivity index (χ1n) is 7.79. The van der Waals surface area contributed by atoms with Gasteiger partial charge in [0, 0.05) is 48.3 Å². The predicted molar refractivity (Wildman–Crippen MR) is 96.9 cm³/mol. The van der Waals surface area contributed by atoms with Crippen molar-refractivity contribution < 1.29 is 12.8 Å². The summed E-state index contributed by atoms with van der Waals surface area (Å²) < 4.78 is 39.7. The van der Waals surface area contributed by atoms with Gasteiger partial charge in [-0.05, 0) is 36.4 Å². The van der Waals surface area contributed by atoms with E-state index in [1.807, 2.05) is 0 Å². The van der Waals surface area contributed by atoms with E-state index in [-0.39, 0.29) is 4.90 Å². The molecule has 2 aromatic carbocycles. The van der Waals surface area contributed by atoms with Gasteiger partial charge in [0.2, 0.25) is 10.0 Å². The Morgan fingerprint density at radius 2 is 1.48 bits per heavy atom. The Kier molecular flexibility index (Phi) is 5.65. The first-order chi connectivity index (χ1) is 11.9.